The smallest absolute Gasteiger partial charge is 0.0360 e. The number of hydrogen-bond donors (Lipinski definition) is 1. The van der Waals surface area contributed by atoms with Crippen molar-refractivity contribution in [1.82, 2.24) is 5.32 Å². The molecule has 0 aromatic heterocycles. The second-order valence-electron chi connectivity index (χ2n) is 4.52. The summed E-state index contributed by atoms with van der Waals surface area (Å²) in [5.41, 5.74) is 0. The quantitative estimate of drug-likeness (QED) is 0.760. The van der Waals surface area contributed by atoms with E-state index in [0.717, 1.165) is 24.0 Å². The third kappa shape index (κ3) is 5.12. The summed E-state index contributed by atoms with van der Waals surface area (Å²) in [7, 11) is -0.604. The average Bonchev–Trinajstić information content (AvgIpc) is 2.29. The van der Waals surface area contributed by atoms with Crippen LogP contribution < -0.4 is 5.32 Å². The van der Waals surface area contributed by atoms with Crippen LogP contribution in [-0.4, -0.2) is 28.3 Å². The van der Waals surface area contributed by atoms with Crippen LogP contribution in [-0.2, 0) is 10.8 Å². The highest BCUT2D eigenvalue weighted by atomic mass is 32.2. The van der Waals surface area contributed by atoms with Gasteiger partial charge in [-0.15, -0.1) is 0 Å². The van der Waals surface area contributed by atoms with E-state index in [1.165, 1.54) is 32.1 Å². The van der Waals surface area contributed by atoms with Crippen molar-refractivity contribution in [1.29, 1.82) is 0 Å². The molecule has 3 heteroatoms. The Morgan fingerprint density at radius 3 is 2.80 bits per heavy atom. The Labute approximate surface area is 96.7 Å². The van der Waals surface area contributed by atoms with Gasteiger partial charge in [-0.25, -0.2) is 0 Å². The Bertz CT molecular complexity index is 196. The van der Waals surface area contributed by atoms with Crippen LogP contribution in [0.2, 0.25) is 0 Å². The Morgan fingerprint density at radius 2 is 2.13 bits per heavy atom. The molecule has 0 aromatic carbocycles. The van der Waals surface area contributed by atoms with Crippen LogP contribution in [0.15, 0.2) is 0 Å². The van der Waals surface area contributed by atoms with Crippen molar-refractivity contribution in [2.24, 2.45) is 5.92 Å². The van der Waals surface area contributed by atoms with Gasteiger partial charge in [-0.1, -0.05) is 33.1 Å². The lowest BCUT2D eigenvalue weighted by atomic mass is 9.84. The van der Waals surface area contributed by atoms with Crippen molar-refractivity contribution in [2.45, 2.75) is 52.0 Å². The molecule has 1 rings (SSSR count). The van der Waals surface area contributed by atoms with Crippen molar-refractivity contribution < 1.29 is 4.21 Å². The molecule has 2 nitrogen and oxygen atoms in total. The van der Waals surface area contributed by atoms with E-state index in [0.29, 0.717) is 6.04 Å². The largest absolute Gasteiger partial charge is 0.313 e. The lowest BCUT2D eigenvalue weighted by molar-refractivity contribution is 0.283. The van der Waals surface area contributed by atoms with Gasteiger partial charge in [-0.2, -0.15) is 0 Å². The van der Waals surface area contributed by atoms with Crippen LogP contribution in [0, 0.1) is 5.92 Å². The fraction of sp³-hybridized carbons (Fsp3) is 1.00. The molecule has 1 N–H and O–H groups in total. The first-order valence-electron chi connectivity index (χ1n) is 6.34. The number of rotatable bonds is 6. The van der Waals surface area contributed by atoms with E-state index in [9.17, 15) is 4.21 Å². The molecule has 3 atom stereocenters. The summed E-state index contributed by atoms with van der Waals surface area (Å²) >= 11 is 0. The Morgan fingerprint density at radius 1 is 1.33 bits per heavy atom. The number of nitrogens with one attached hydrogen (secondary N) is 1. The summed E-state index contributed by atoms with van der Waals surface area (Å²) in [6.07, 6.45) is 6.74. The zero-order valence-electron chi connectivity index (χ0n) is 10.1. The van der Waals surface area contributed by atoms with Gasteiger partial charge in [0.25, 0.3) is 0 Å². The molecule has 0 saturated heterocycles. The standard InChI is InChI=1S/C12H25NOS/c1-3-11-6-5-7-12(10-11)13-8-9-15(14)4-2/h11-13H,3-10H2,1-2H3. The van der Waals surface area contributed by atoms with Gasteiger partial charge in [0.1, 0.15) is 0 Å². The zero-order chi connectivity index (χ0) is 11.1. The molecule has 0 heterocycles. The zero-order valence-corrected chi connectivity index (χ0v) is 10.9. The Balaban J connectivity index is 2.12. The van der Waals surface area contributed by atoms with Crippen LogP contribution in [0.1, 0.15) is 46.0 Å². The van der Waals surface area contributed by atoms with Crippen molar-refractivity contribution in [3.8, 4) is 0 Å². The summed E-state index contributed by atoms with van der Waals surface area (Å²) in [6.45, 7) is 5.21. The SMILES string of the molecule is CCC1CCCC(NCCS(=O)CC)C1. The minimum atomic E-state index is -0.604. The maximum atomic E-state index is 11.2. The molecular formula is C12H25NOS. The topological polar surface area (TPSA) is 29.1 Å². The molecule has 3 unspecified atom stereocenters. The summed E-state index contributed by atoms with van der Waals surface area (Å²) in [5, 5.41) is 3.56. The molecule has 0 aromatic rings. The van der Waals surface area contributed by atoms with Gasteiger partial charge in [0.15, 0.2) is 0 Å². The van der Waals surface area contributed by atoms with Crippen molar-refractivity contribution in [3.63, 3.8) is 0 Å². The lowest BCUT2D eigenvalue weighted by Gasteiger charge is -2.29. The monoisotopic (exact) mass is 231 g/mol. The average molecular weight is 231 g/mol. The third-order valence-corrected chi connectivity index (χ3v) is 4.75. The van der Waals surface area contributed by atoms with Crippen LogP contribution in [0.4, 0.5) is 0 Å². The van der Waals surface area contributed by atoms with Crippen molar-refractivity contribution in [2.75, 3.05) is 18.1 Å². The minimum absolute atomic E-state index is 0.604. The Hall–Kier alpha value is 0.110. The first kappa shape index (κ1) is 13.2. The fourth-order valence-electron chi connectivity index (χ4n) is 2.37. The van der Waals surface area contributed by atoms with Gasteiger partial charge >= 0.3 is 0 Å². The predicted octanol–water partition coefficient (Wildman–Crippen LogP) is 2.31. The maximum Gasteiger partial charge on any atom is 0.0360 e. The highest BCUT2D eigenvalue weighted by molar-refractivity contribution is 7.84. The molecule has 0 aliphatic heterocycles. The molecule has 15 heavy (non-hydrogen) atoms. The van der Waals surface area contributed by atoms with Gasteiger partial charge in [-0.3, -0.25) is 4.21 Å². The van der Waals surface area contributed by atoms with Crippen molar-refractivity contribution >= 4 is 10.8 Å². The van der Waals surface area contributed by atoms with Crippen LogP contribution in [0.25, 0.3) is 0 Å². The van der Waals surface area contributed by atoms with E-state index in [1.807, 2.05) is 6.92 Å². The molecular weight excluding hydrogens is 206 g/mol. The summed E-state index contributed by atoms with van der Waals surface area (Å²) in [6, 6.07) is 0.692. The van der Waals surface area contributed by atoms with Gasteiger partial charge in [-0.05, 0) is 18.8 Å². The maximum absolute atomic E-state index is 11.2. The highest BCUT2D eigenvalue weighted by Crippen LogP contribution is 2.26. The van der Waals surface area contributed by atoms with E-state index in [2.05, 4.69) is 12.2 Å². The van der Waals surface area contributed by atoms with E-state index < -0.39 is 10.8 Å². The first-order valence-corrected chi connectivity index (χ1v) is 7.83. The van der Waals surface area contributed by atoms with Gasteiger partial charge in [0.05, 0.1) is 0 Å². The van der Waals surface area contributed by atoms with E-state index in [-0.39, 0.29) is 0 Å². The normalized spacial score (nSPS) is 28.9. The first-order chi connectivity index (χ1) is 7.26. The summed E-state index contributed by atoms with van der Waals surface area (Å²) in [5.74, 6) is 2.54. The highest BCUT2D eigenvalue weighted by Gasteiger charge is 2.19. The second-order valence-corrected chi connectivity index (χ2v) is 6.39. The van der Waals surface area contributed by atoms with Crippen LogP contribution in [0.3, 0.4) is 0 Å². The van der Waals surface area contributed by atoms with Gasteiger partial charge in [0.2, 0.25) is 0 Å². The number of hydrogen-bond acceptors (Lipinski definition) is 2. The Kier molecular flexibility index (Phi) is 6.50. The van der Waals surface area contributed by atoms with E-state index in [1.54, 1.807) is 0 Å². The van der Waals surface area contributed by atoms with E-state index in [4.69, 9.17) is 0 Å². The van der Waals surface area contributed by atoms with Crippen molar-refractivity contribution in [3.05, 3.63) is 0 Å². The summed E-state index contributed by atoms with van der Waals surface area (Å²) < 4.78 is 11.2. The second kappa shape index (κ2) is 7.39. The van der Waals surface area contributed by atoms with Gasteiger partial charge < -0.3 is 5.32 Å². The van der Waals surface area contributed by atoms with Crippen LogP contribution in [0.5, 0.6) is 0 Å². The molecule has 1 aliphatic rings. The van der Waals surface area contributed by atoms with Crippen LogP contribution >= 0.6 is 0 Å². The molecule has 0 bridgehead atoms. The molecule has 1 fully saturated rings. The van der Waals surface area contributed by atoms with E-state index >= 15 is 0 Å². The predicted molar refractivity (Wildman–Crippen MR) is 67.6 cm³/mol. The molecule has 1 aliphatic carbocycles. The fourth-order valence-corrected chi connectivity index (χ4v) is 3.00. The molecule has 0 amide bonds. The molecule has 1 saturated carbocycles. The van der Waals surface area contributed by atoms with Gasteiger partial charge in [0, 0.05) is 34.9 Å². The lowest BCUT2D eigenvalue weighted by Crippen LogP contribution is -2.36. The molecule has 90 valence electrons. The third-order valence-electron chi connectivity index (χ3n) is 3.44. The summed E-state index contributed by atoms with van der Waals surface area (Å²) in [4.78, 5) is 0. The minimum Gasteiger partial charge on any atom is -0.313 e. The molecule has 0 radical (unpaired) electrons. The molecule has 0 spiro atoms.